The quantitative estimate of drug-likeness (QED) is 0.419. The molecule has 1 heterocycles. The number of para-hydroxylation sites is 1. The molecule has 0 aliphatic heterocycles. The van der Waals surface area contributed by atoms with Gasteiger partial charge in [0.2, 0.25) is 5.91 Å². The van der Waals surface area contributed by atoms with Crippen LogP contribution in [-0.4, -0.2) is 10.9 Å². The lowest BCUT2D eigenvalue weighted by atomic mass is 10.0. The van der Waals surface area contributed by atoms with Crippen LogP contribution in [0, 0.1) is 19.7 Å². The second kappa shape index (κ2) is 8.13. The van der Waals surface area contributed by atoms with Gasteiger partial charge in [-0.05, 0) is 42.7 Å². The standard InChI is InChI=1S/C24H21FN2OS/c1-16-11-12-17(2)19(13-16)14-22(28)27(15-18-7-4-3-5-8-18)24-26-23-20(25)9-6-10-21(23)29-24/h3-13H,14-15H2,1-2H3. The second-order valence-electron chi connectivity index (χ2n) is 7.16. The Morgan fingerprint density at radius 1 is 1.03 bits per heavy atom. The highest BCUT2D eigenvalue weighted by molar-refractivity contribution is 7.22. The number of aromatic nitrogens is 1. The molecule has 0 bridgehead atoms. The van der Waals surface area contributed by atoms with Gasteiger partial charge in [-0.1, -0.05) is 71.5 Å². The van der Waals surface area contributed by atoms with E-state index in [1.165, 1.54) is 17.4 Å². The first-order valence-corrected chi connectivity index (χ1v) is 10.3. The molecular formula is C24H21FN2OS. The van der Waals surface area contributed by atoms with Crippen molar-refractivity contribution in [1.29, 1.82) is 0 Å². The Morgan fingerprint density at radius 3 is 2.59 bits per heavy atom. The van der Waals surface area contributed by atoms with E-state index in [1.807, 2.05) is 68.4 Å². The summed E-state index contributed by atoms with van der Waals surface area (Å²) in [4.78, 5) is 19.5. The van der Waals surface area contributed by atoms with Crippen molar-refractivity contribution >= 4 is 32.6 Å². The van der Waals surface area contributed by atoms with Crippen molar-refractivity contribution < 1.29 is 9.18 Å². The van der Waals surface area contributed by atoms with Crippen LogP contribution >= 0.6 is 11.3 Å². The summed E-state index contributed by atoms with van der Waals surface area (Å²) in [7, 11) is 0. The van der Waals surface area contributed by atoms with E-state index in [4.69, 9.17) is 0 Å². The van der Waals surface area contributed by atoms with E-state index in [9.17, 15) is 9.18 Å². The Kier molecular flexibility index (Phi) is 5.41. The van der Waals surface area contributed by atoms with E-state index in [1.54, 1.807) is 11.0 Å². The molecule has 1 amide bonds. The predicted octanol–water partition coefficient (Wildman–Crippen LogP) is 5.83. The maximum Gasteiger partial charge on any atom is 0.233 e. The van der Waals surface area contributed by atoms with Crippen LogP contribution in [0.1, 0.15) is 22.3 Å². The minimum absolute atomic E-state index is 0.0537. The molecule has 1 aromatic heterocycles. The first-order chi connectivity index (χ1) is 14.0. The largest absolute Gasteiger partial charge is 0.283 e. The van der Waals surface area contributed by atoms with Crippen molar-refractivity contribution in [2.24, 2.45) is 0 Å². The predicted molar refractivity (Wildman–Crippen MR) is 117 cm³/mol. The molecular weight excluding hydrogens is 383 g/mol. The molecule has 0 saturated carbocycles. The summed E-state index contributed by atoms with van der Waals surface area (Å²) in [5.41, 5.74) is 4.51. The van der Waals surface area contributed by atoms with E-state index < -0.39 is 0 Å². The topological polar surface area (TPSA) is 33.2 Å². The van der Waals surface area contributed by atoms with Gasteiger partial charge in [0.1, 0.15) is 11.3 Å². The normalized spacial score (nSPS) is 11.0. The molecule has 0 fully saturated rings. The van der Waals surface area contributed by atoms with Crippen LogP contribution in [-0.2, 0) is 17.8 Å². The summed E-state index contributed by atoms with van der Waals surface area (Å²) in [6, 6.07) is 20.8. The first kappa shape index (κ1) is 19.3. The van der Waals surface area contributed by atoms with Gasteiger partial charge in [0.25, 0.3) is 0 Å². The maximum atomic E-state index is 14.2. The van der Waals surface area contributed by atoms with Crippen molar-refractivity contribution in [2.75, 3.05) is 4.90 Å². The number of hydrogen-bond donors (Lipinski definition) is 0. The molecule has 3 aromatic carbocycles. The number of halogens is 1. The molecule has 0 unspecified atom stereocenters. The van der Waals surface area contributed by atoms with Gasteiger partial charge in [0, 0.05) is 0 Å². The molecule has 4 rings (SSSR count). The molecule has 0 saturated heterocycles. The highest BCUT2D eigenvalue weighted by Crippen LogP contribution is 2.31. The minimum atomic E-state index is -0.369. The molecule has 146 valence electrons. The van der Waals surface area contributed by atoms with Crippen molar-refractivity contribution in [3.63, 3.8) is 0 Å². The summed E-state index contributed by atoms with van der Waals surface area (Å²) >= 11 is 1.34. The number of carbonyl (C=O) groups is 1. The number of carbonyl (C=O) groups excluding carboxylic acids is 1. The molecule has 4 aromatic rings. The Hall–Kier alpha value is -3.05. The highest BCUT2D eigenvalue weighted by atomic mass is 32.1. The van der Waals surface area contributed by atoms with E-state index in [0.29, 0.717) is 17.2 Å². The molecule has 0 aliphatic carbocycles. The van der Waals surface area contributed by atoms with Gasteiger partial charge < -0.3 is 0 Å². The van der Waals surface area contributed by atoms with E-state index in [0.717, 1.165) is 27.0 Å². The number of hydrogen-bond acceptors (Lipinski definition) is 3. The molecule has 29 heavy (non-hydrogen) atoms. The average molecular weight is 405 g/mol. The Balaban J connectivity index is 1.72. The monoisotopic (exact) mass is 404 g/mol. The number of rotatable bonds is 5. The van der Waals surface area contributed by atoms with E-state index in [2.05, 4.69) is 4.98 Å². The number of aryl methyl sites for hydroxylation is 2. The molecule has 5 heteroatoms. The van der Waals surface area contributed by atoms with Gasteiger partial charge in [0.15, 0.2) is 5.13 Å². The van der Waals surface area contributed by atoms with Gasteiger partial charge in [-0.25, -0.2) is 9.37 Å². The summed E-state index contributed by atoms with van der Waals surface area (Å²) in [6.45, 7) is 4.42. The molecule has 3 nitrogen and oxygen atoms in total. The van der Waals surface area contributed by atoms with E-state index >= 15 is 0 Å². The highest BCUT2D eigenvalue weighted by Gasteiger charge is 2.22. The number of nitrogens with zero attached hydrogens (tertiary/aromatic N) is 2. The lowest BCUT2D eigenvalue weighted by molar-refractivity contribution is -0.118. The number of amides is 1. The van der Waals surface area contributed by atoms with Crippen LogP contribution in [0.3, 0.4) is 0 Å². The van der Waals surface area contributed by atoms with Crippen molar-refractivity contribution in [3.8, 4) is 0 Å². The summed E-state index contributed by atoms with van der Waals surface area (Å²) in [5, 5.41) is 0.518. The zero-order chi connectivity index (χ0) is 20.4. The fraction of sp³-hybridized carbons (Fsp3) is 0.167. The third-order valence-electron chi connectivity index (χ3n) is 4.92. The van der Waals surface area contributed by atoms with Crippen LogP contribution < -0.4 is 4.90 Å². The number of thiazole rings is 1. The van der Waals surface area contributed by atoms with Crippen LogP contribution in [0.2, 0.25) is 0 Å². The summed E-state index contributed by atoms with van der Waals surface area (Å²) < 4.78 is 14.9. The Bertz CT molecular complexity index is 1170. The lowest BCUT2D eigenvalue weighted by Crippen LogP contribution is -2.32. The lowest BCUT2D eigenvalue weighted by Gasteiger charge is -2.21. The third kappa shape index (κ3) is 4.20. The number of benzene rings is 3. The molecule has 0 aliphatic rings. The van der Waals surface area contributed by atoms with Crippen LogP contribution in [0.4, 0.5) is 9.52 Å². The second-order valence-corrected chi connectivity index (χ2v) is 8.16. The Labute approximate surface area is 173 Å². The van der Waals surface area contributed by atoms with Crippen molar-refractivity contribution in [2.45, 2.75) is 26.8 Å². The SMILES string of the molecule is Cc1ccc(C)c(CC(=O)N(Cc2ccccc2)c2nc3c(F)cccc3s2)c1. The minimum Gasteiger partial charge on any atom is -0.283 e. The average Bonchev–Trinajstić information content (AvgIpc) is 3.15. The fourth-order valence-corrected chi connectivity index (χ4v) is 4.29. The smallest absolute Gasteiger partial charge is 0.233 e. The summed E-state index contributed by atoms with van der Waals surface area (Å²) in [5.74, 6) is -0.423. The van der Waals surface area contributed by atoms with Crippen LogP contribution in [0.25, 0.3) is 10.2 Å². The van der Waals surface area contributed by atoms with Gasteiger partial charge in [-0.2, -0.15) is 0 Å². The third-order valence-corrected chi connectivity index (χ3v) is 5.96. The summed E-state index contributed by atoms with van der Waals surface area (Å²) in [6.07, 6.45) is 0.277. The van der Waals surface area contributed by atoms with Crippen molar-refractivity contribution in [1.82, 2.24) is 4.98 Å². The van der Waals surface area contributed by atoms with Crippen LogP contribution in [0.5, 0.6) is 0 Å². The van der Waals surface area contributed by atoms with Crippen molar-refractivity contribution in [3.05, 3.63) is 94.8 Å². The Morgan fingerprint density at radius 2 is 1.83 bits per heavy atom. The van der Waals surface area contributed by atoms with Gasteiger partial charge in [-0.3, -0.25) is 9.69 Å². The number of anilines is 1. The molecule has 0 N–H and O–H groups in total. The van der Waals surface area contributed by atoms with Gasteiger partial charge in [-0.15, -0.1) is 0 Å². The molecule has 0 spiro atoms. The van der Waals surface area contributed by atoms with Gasteiger partial charge >= 0.3 is 0 Å². The molecule has 0 atom stereocenters. The zero-order valence-corrected chi connectivity index (χ0v) is 17.2. The van der Waals surface area contributed by atoms with E-state index in [-0.39, 0.29) is 18.1 Å². The number of fused-ring (bicyclic) bond motifs is 1. The molecule has 0 radical (unpaired) electrons. The fourth-order valence-electron chi connectivity index (χ4n) is 3.30. The maximum absolute atomic E-state index is 14.2. The van der Waals surface area contributed by atoms with Gasteiger partial charge in [0.05, 0.1) is 17.7 Å². The van der Waals surface area contributed by atoms with Crippen LogP contribution in [0.15, 0.2) is 66.7 Å². The zero-order valence-electron chi connectivity index (χ0n) is 16.4. The first-order valence-electron chi connectivity index (χ1n) is 9.47.